The Balaban J connectivity index is 2.05. The zero-order chi connectivity index (χ0) is 8.01. The molecule has 0 spiro atoms. The largest absolute Gasteiger partial charge is 0.376 e. The third kappa shape index (κ3) is 0.968. The fourth-order valence-electron chi connectivity index (χ4n) is 2.49. The Bertz CT molecular complexity index is 176. The monoisotopic (exact) mass is 152 g/mol. The molecule has 2 aliphatic carbocycles. The summed E-state index contributed by atoms with van der Waals surface area (Å²) in [6.07, 6.45) is 4.52. The van der Waals surface area contributed by atoms with E-state index in [1.807, 2.05) is 6.20 Å². The smallest absolute Gasteiger partial charge is 0.0463 e. The molecule has 2 saturated carbocycles. The van der Waals surface area contributed by atoms with Crippen LogP contribution in [0.5, 0.6) is 0 Å². The number of nitrogens with two attached hydrogens (primary N) is 1. The minimum atomic E-state index is 0.391. The van der Waals surface area contributed by atoms with Gasteiger partial charge in [0.2, 0.25) is 0 Å². The van der Waals surface area contributed by atoms with E-state index in [9.17, 15) is 0 Å². The van der Waals surface area contributed by atoms with Crippen molar-refractivity contribution in [2.24, 2.45) is 17.6 Å². The minimum Gasteiger partial charge on any atom is -0.376 e. The van der Waals surface area contributed by atoms with Crippen molar-refractivity contribution in [1.82, 2.24) is 4.90 Å². The topological polar surface area (TPSA) is 29.3 Å². The van der Waals surface area contributed by atoms with Gasteiger partial charge in [-0.25, -0.2) is 0 Å². The first-order valence-corrected chi connectivity index (χ1v) is 4.34. The normalized spacial score (nSPS) is 46.7. The first-order valence-electron chi connectivity index (χ1n) is 4.34. The molecule has 2 heteroatoms. The highest BCUT2D eigenvalue weighted by Gasteiger charge is 2.53. The summed E-state index contributed by atoms with van der Waals surface area (Å²) in [4.78, 5) is 2.18. The van der Waals surface area contributed by atoms with Crippen LogP contribution in [0.4, 0.5) is 0 Å². The van der Waals surface area contributed by atoms with E-state index < -0.39 is 0 Å². The van der Waals surface area contributed by atoms with Gasteiger partial charge in [-0.3, -0.25) is 0 Å². The zero-order valence-electron chi connectivity index (χ0n) is 7.03. The van der Waals surface area contributed by atoms with Crippen molar-refractivity contribution in [3.63, 3.8) is 0 Å². The van der Waals surface area contributed by atoms with Gasteiger partial charge in [0.25, 0.3) is 0 Å². The molecule has 0 bridgehead atoms. The van der Waals surface area contributed by atoms with Crippen molar-refractivity contribution in [3.8, 4) is 0 Å². The lowest BCUT2D eigenvalue weighted by atomic mass is 10.1. The maximum atomic E-state index is 5.99. The maximum Gasteiger partial charge on any atom is 0.0463 e. The van der Waals surface area contributed by atoms with Crippen LogP contribution < -0.4 is 5.73 Å². The summed E-state index contributed by atoms with van der Waals surface area (Å²) < 4.78 is 0. The summed E-state index contributed by atoms with van der Waals surface area (Å²) in [5.74, 6) is 1.82. The molecule has 62 valence electrons. The van der Waals surface area contributed by atoms with E-state index in [4.69, 9.17) is 5.73 Å². The van der Waals surface area contributed by atoms with Crippen LogP contribution in [0.2, 0.25) is 0 Å². The molecule has 0 radical (unpaired) electrons. The molecule has 11 heavy (non-hydrogen) atoms. The van der Waals surface area contributed by atoms with Crippen LogP contribution in [-0.2, 0) is 0 Å². The SMILES string of the molecule is C=CN(C)[C@H]1C2CC2C[C@H]1N. The molecule has 0 heterocycles. The second-order valence-electron chi connectivity index (χ2n) is 3.90. The summed E-state index contributed by atoms with van der Waals surface area (Å²) in [5, 5.41) is 0. The second-order valence-corrected chi connectivity index (χ2v) is 3.90. The van der Waals surface area contributed by atoms with Crippen LogP contribution in [0.15, 0.2) is 12.8 Å². The van der Waals surface area contributed by atoms with E-state index >= 15 is 0 Å². The Morgan fingerprint density at radius 2 is 2.27 bits per heavy atom. The number of fused-ring (bicyclic) bond motifs is 1. The molecule has 0 aromatic carbocycles. The highest BCUT2D eigenvalue weighted by molar-refractivity contribution is 5.09. The number of nitrogens with zero attached hydrogens (tertiary/aromatic N) is 1. The molecule has 2 aliphatic rings. The highest BCUT2D eigenvalue weighted by Crippen LogP contribution is 2.52. The molecule has 2 rings (SSSR count). The van der Waals surface area contributed by atoms with Gasteiger partial charge in [-0.2, -0.15) is 0 Å². The standard InChI is InChI=1S/C9H16N2/c1-3-11(2)9-7-4-6(7)5-8(9)10/h3,6-9H,1,4-5,10H2,2H3/t6?,7?,8-,9+/m1/s1. The third-order valence-electron chi connectivity index (χ3n) is 3.19. The van der Waals surface area contributed by atoms with E-state index in [2.05, 4.69) is 18.5 Å². The first-order chi connectivity index (χ1) is 5.24. The van der Waals surface area contributed by atoms with Gasteiger partial charge in [-0.05, 0) is 30.9 Å². The van der Waals surface area contributed by atoms with Crippen LogP contribution in [0.1, 0.15) is 12.8 Å². The number of hydrogen-bond donors (Lipinski definition) is 1. The highest BCUT2D eigenvalue weighted by atomic mass is 15.2. The second kappa shape index (κ2) is 2.24. The molecule has 0 aliphatic heterocycles. The van der Waals surface area contributed by atoms with Gasteiger partial charge < -0.3 is 10.6 Å². The number of rotatable bonds is 2. The quantitative estimate of drug-likeness (QED) is 0.634. The molecular formula is C9H16N2. The van der Waals surface area contributed by atoms with Gasteiger partial charge in [0.05, 0.1) is 0 Å². The number of likely N-dealkylation sites (N-methyl/N-ethyl adjacent to an activating group) is 1. The van der Waals surface area contributed by atoms with Crippen molar-refractivity contribution in [2.75, 3.05) is 7.05 Å². The average molecular weight is 152 g/mol. The van der Waals surface area contributed by atoms with Gasteiger partial charge in [0.1, 0.15) is 0 Å². The summed E-state index contributed by atoms with van der Waals surface area (Å²) in [7, 11) is 2.08. The predicted octanol–water partition coefficient (Wildman–Crippen LogP) is 0.797. The van der Waals surface area contributed by atoms with Crippen molar-refractivity contribution in [1.29, 1.82) is 0 Å². The van der Waals surface area contributed by atoms with Crippen LogP contribution in [0.25, 0.3) is 0 Å². The van der Waals surface area contributed by atoms with Gasteiger partial charge in [0.15, 0.2) is 0 Å². The van der Waals surface area contributed by atoms with Crippen molar-refractivity contribution in [2.45, 2.75) is 24.9 Å². The lowest BCUT2D eigenvalue weighted by Gasteiger charge is -2.28. The molecule has 2 unspecified atom stereocenters. The Morgan fingerprint density at radius 3 is 2.73 bits per heavy atom. The number of hydrogen-bond acceptors (Lipinski definition) is 2. The molecule has 2 nitrogen and oxygen atoms in total. The Labute approximate surface area is 68.1 Å². The van der Waals surface area contributed by atoms with E-state index in [1.54, 1.807) is 0 Å². The van der Waals surface area contributed by atoms with E-state index in [1.165, 1.54) is 12.8 Å². The summed E-state index contributed by atoms with van der Waals surface area (Å²) in [5.41, 5.74) is 5.99. The molecular weight excluding hydrogens is 136 g/mol. The summed E-state index contributed by atoms with van der Waals surface area (Å²) in [6, 6.07) is 0.972. The van der Waals surface area contributed by atoms with Gasteiger partial charge in [-0.1, -0.05) is 6.58 Å². The first kappa shape index (κ1) is 7.17. The fourth-order valence-corrected chi connectivity index (χ4v) is 2.49. The molecule has 0 aromatic rings. The Morgan fingerprint density at radius 1 is 1.55 bits per heavy atom. The maximum absolute atomic E-state index is 5.99. The van der Waals surface area contributed by atoms with E-state index in [0.29, 0.717) is 12.1 Å². The summed E-state index contributed by atoms with van der Waals surface area (Å²) in [6.45, 7) is 3.76. The van der Waals surface area contributed by atoms with Crippen molar-refractivity contribution in [3.05, 3.63) is 12.8 Å². The average Bonchev–Trinajstić information content (AvgIpc) is 2.63. The minimum absolute atomic E-state index is 0.391. The van der Waals surface area contributed by atoms with Gasteiger partial charge in [-0.15, -0.1) is 0 Å². The fraction of sp³-hybridized carbons (Fsp3) is 0.778. The molecule has 2 fully saturated rings. The van der Waals surface area contributed by atoms with Crippen molar-refractivity contribution >= 4 is 0 Å². The third-order valence-corrected chi connectivity index (χ3v) is 3.19. The van der Waals surface area contributed by atoms with Crippen molar-refractivity contribution < 1.29 is 0 Å². The molecule has 4 atom stereocenters. The molecule has 0 amide bonds. The Kier molecular flexibility index (Phi) is 1.46. The van der Waals surface area contributed by atoms with Crippen LogP contribution >= 0.6 is 0 Å². The van der Waals surface area contributed by atoms with E-state index in [-0.39, 0.29) is 0 Å². The zero-order valence-corrected chi connectivity index (χ0v) is 7.03. The molecule has 0 saturated heterocycles. The van der Waals surface area contributed by atoms with Crippen LogP contribution in [0.3, 0.4) is 0 Å². The Hall–Kier alpha value is -0.500. The van der Waals surface area contributed by atoms with Gasteiger partial charge in [0, 0.05) is 19.1 Å². The van der Waals surface area contributed by atoms with Crippen LogP contribution in [-0.4, -0.2) is 24.0 Å². The molecule has 2 N–H and O–H groups in total. The lowest BCUT2D eigenvalue weighted by molar-refractivity contribution is 0.279. The van der Waals surface area contributed by atoms with Crippen LogP contribution in [0, 0.1) is 11.8 Å². The summed E-state index contributed by atoms with van der Waals surface area (Å²) >= 11 is 0. The van der Waals surface area contributed by atoms with Gasteiger partial charge >= 0.3 is 0 Å². The van der Waals surface area contributed by atoms with E-state index in [0.717, 1.165) is 11.8 Å². The lowest BCUT2D eigenvalue weighted by Crippen LogP contribution is -2.42. The molecule has 0 aromatic heterocycles. The predicted molar refractivity (Wildman–Crippen MR) is 45.9 cm³/mol.